The molecule has 0 atom stereocenters. The number of carbonyl (C=O) groups excluding carboxylic acids is 1. The van der Waals surface area contributed by atoms with Gasteiger partial charge in [0.1, 0.15) is 5.82 Å². The van der Waals surface area contributed by atoms with Crippen LogP contribution >= 0.6 is 0 Å². The highest BCUT2D eigenvalue weighted by Crippen LogP contribution is 2.40. The van der Waals surface area contributed by atoms with Crippen LogP contribution in [-0.2, 0) is 41.7 Å². The molecule has 0 heterocycles. The second-order valence-electron chi connectivity index (χ2n) is 10.6. The number of rotatable bonds is 9. The molecule has 0 aromatic heterocycles. The minimum Gasteiger partial charge on any atom is -0.481 e. The van der Waals surface area contributed by atoms with Crippen molar-refractivity contribution in [1.29, 1.82) is 0 Å². The second-order valence-corrected chi connectivity index (χ2v) is 10.6. The number of benzene rings is 4. The summed E-state index contributed by atoms with van der Waals surface area (Å²) in [5, 5.41) is 11.4. The molecule has 1 amide bonds. The molecule has 4 nitrogen and oxygen atoms in total. The minimum absolute atomic E-state index is 0.102. The molecular weight excluding hydrogens is 648 g/mol. The smallest absolute Gasteiger partial charge is 0.419 e. The number of carboxylic acid groups (broad SMARTS) is 1. The summed E-state index contributed by atoms with van der Waals surface area (Å²) in [5.74, 6) is -4.15. The van der Waals surface area contributed by atoms with E-state index in [-0.39, 0.29) is 35.6 Å². The number of aliphatic carboxylic acids is 1. The number of nitrogens with one attached hydrogen (secondary N) is 1. The average Bonchev–Trinajstić information content (AvgIpc) is 2.99. The molecule has 0 saturated heterocycles. The van der Waals surface area contributed by atoms with Crippen LogP contribution in [0.25, 0.3) is 0 Å². The van der Waals surface area contributed by atoms with Crippen LogP contribution in [0.4, 0.5) is 43.9 Å². The fourth-order valence-corrected chi connectivity index (χ4v) is 5.01. The lowest BCUT2D eigenvalue weighted by atomic mass is 9.76. The van der Waals surface area contributed by atoms with E-state index >= 15 is 0 Å². The highest BCUT2D eigenvalue weighted by Gasteiger charge is 2.42. The third-order valence-electron chi connectivity index (χ3n) is 7.35. The van der Waals surface area contributed by atoms with Crippen LogP contribution in [0.1, 0.15) is 55.7 Å². The number of amides is 1. The van der Waals surface area contributed by atoms with Crippen LogP contribution in [0.2, 0.25) is 0 Å². The fourth-order valence-electron chi connectivity index (χ4n) is 5.01. The van der Waals surface area contributed by atoms with E-state index in [1.54, 1.807) is 0 Å². The first kappa shape index (κ1) is 35.0. The van der Waals surface area contributed by atoms with Crippen LogP contribution in [-0.4, -0.2) is 17.0 Å². The molecule has 0 fully saturated rings. The Morgan fingerprint density at radius 1 is 0.617 bits per heavy atom. The summed E-state index contributed by atoms with van der Waals surface area (Å²) in [4.78, 5) is 24.6. The Labute approximate surface area is 260 Å². The Kier molecular flexibility index (Phi) is 9.74. The zero-order valence-electron chi connectivity index (χ0n) is 23.8. The molecule has 0 aliphatic carbocycles. The SMILES string of the molecule is O=C(O)CCc1ccc(CC(NC(=O)c2ccc(F)c(C(F)(F)F)c2)(c2cccc(C(F)(F)F)c2)c2cccc(C(F)(F)F)c2)cc1. The van der Waals surface area contributed by atoms with Gasteiger partial charge in [-0.05, 0) is 71.1 Å². The van der Waals surface area contributed by atoms with E-state index in [1.807, 2.05) is 0 Å². The largest absolute Gasteiger partial charge is 0.481 e. The monoisotopic (exact) mass is 671 g/mol. The standard InChI is InChI=1S/C33H23F10NO3/c34-27-13-12-21(15-26(27)33(41,42)43)29(47)44-30(22-3-1-5-24(16-22)31(35,36)37,23-4-2-6-25(17-23)32(38,39)40)18-20-9-7-19(8-10-20)11-14-28(45)46/h1-10,12-13,15-17H,11,14,18H2,(H,44,47)(H,45,46). The van der Waals surface area contributed by atoms with Crippen molar-refractivity contribution >= 4 is 11.9 Å². The summed E-state index contributed by atoms with van der Waals surface area (Å²) in [6.45, 7) is 0. The van der Waals surface area contributed by atoms with Gasteiger partial charge >= 0.3 is 24.5 Å². The van der Waals surface area contributed by atoms with Crippen LogP contribution in [0.3, 0.4) is 0 Å². The van der Waals surface area contributed by atoms with Crippen molar-refractivity contribution in [1.82, 2.24) is 5.32 Å². The van der Waals surface area contributed by atoms with Gasteiger partial charge in [-0.15, -0.1) is 0 Å². The highest BCUT2D eigenvalue weighted by atomic mass is 19.4. The van der Waals surface area contributed by atoms with Crippen molar-refractivity contribution in [3.63, 3.8) is 0 Å². The van der Waals surface area contributed by atoms with Gasteiger partial charge in [-0.1, -0.05) is 48.5 Å². The van der Waals surface area contributed by atoms with Crippen molar-refractivity contribution in [2.24, 2.45) is 0 Å². The molecule has 14 heteroatoms. The third kappa shape index (κ3) is 8.29. The Bertz CT molecular complexity index is 1700. The zero-order valence-corrected chi connectivity index (χ0v) is 23.8. The van der Waals surface area contributed by atoms with Crippen molar-refractivity contribution < 1.29 is 58.6 Å². The Balaban J connectivity index is 1.97. The maximum atomic E-state index is 14.0. The molecule has 0 aliphatic rings. The summed E-state index contributed by atoms with van der Waals surface area (Å²) in [5.41, 5.74) is -7.28. The Morgan fingerprint density at radius 2 is 1.11 bits per heavy atom. The van der Waals surface area contributed by atoms with Crippen molar-refractivity contribution in [2.45, 2.75) is 43.3 Å². The van der Waals surface area contributed by atoms with Crippen LogP contribution < -0.4 is 5.32 Å². The molecule has 0 unspecified atom stereocenters. The summed E-state index contributed by atoms with van der Waals surface area (Å²) in [7, 11) is 0. The predicted octanol–water partition coefficient (Wildman–Crippen LogP) is 8.82. The van der Waals surface area contributed by atoms with E-state index in [2.05, 4.69) is 5.32 Å². The van der Waals surface area contributed by atoms with E-state index in [4.69, 9.17) is 5.11 Å². The van der Waals surface area contributed by atoms with E-state index in [9.17, 15) is 53.5 Å². The number of alkyl halides is 9. The van der Waals surface area contributed by atoms with Gasteiger partial charge in [0.25, 0.3) is 5.91 Å². The predicted molar refractivity (Wildman–Crippen MR) is 149 cm³/mol. The number of hydrogen-bond acceptors (Lipinski definition) is 2. The fraction of sp³-hybridized carbons (Fsp3) is 0.212. The number of carbonyl (C=O) groups is 2. The summed E-state index contributed by atoms with van der Waals surface area (Å²) in [6.07, 6.45) is -15.8. The van der Waals surface area contributed by atoms with Crippen LogP contribution in [0.5, 0.6) is 0 Å². The van der Waals surface area contributed by atoms with Crippen LogP contribution in [0, 0.1) is 5.82 Å². The topological polar surface area (TPSA) is 66.4 Å². The average molecular weight is 672 g/mol. The lowest BCUT2D eigenvalue weighted by molar-refractivity contribution is -0.140. The molecule has 0 bridgehead atoms. The molecule has 4 rings (SSSR count). The van der Waals surface area contributed by atoms with Gasteiger partial charge in [0, 0.05) is 18.4 Å². The van der Waals surface area contributed by atoms with Gasteiger partial charge in [0.2, 0.25) is 0 Å². The van der Waals surface area contributed by atoms with Gasteiger partial charge in [-0.3, -0.25) is 9.59 Å². The van der Waals surface area contributed by atoms with Gasteiger partial charge in [0.15, 0.2) is 0 Å². The number of hydrogen-bond donors (Lipinski definition) is 2. The summed E-state index contributed by atoms with van der Waals surface area (Å²) in [6, 6.07) is 13.8. The second kappa shape index (κ2) is 13.1. The normalized spacial score (nSPS) is 12.6. The highest BCUT2D eigenvalue weighted by molar-refractivity contribution is 5.95. The number of carboxylic acids is 1. The maximum Gasteiger partial charge on any atom is 0.419 e. The van der Waals surface area contributed by atoms with Gasteiger partial charge in [0.05, 0.1) is 22.2 Å². The molecule has 2 N–H and O–H groups in total. The van der Waals surface area contributed by atoms with E-state index in [0.717, 1.165) is 24.3 Å². The molecule has 0 spiro atoms. The maximum absolute atomic E-state index is 14.0. The lowest BCUT2D eigenvalue weighted by Gasteiger charge is -2.37. The molecule has 0 radical (unpaired) electrons. The molecule has 4 aromatic rings. The Hall–Kier alpha value is -4.88. The molecule has 0 saturated carbocycles. The number of aryl methyl sites for hydroxylation is 1. The van der Waals surface area contributed by atoms with E-state index in [1.165, 1.54) is 24.3 Å². The lowest BCUT2D eigenvalue weighted by Crippen LogP contribution is -2.49. The first-order valence-electron chi connectivity index (χ1n) is 13.6. The Morgan fingerprint density at radius 3 is 1.57 bits per heavy atom. The van der Waals surface area contributed by atoms with Gasteiger partial charge < -0.3 is 10.4 Å². The molecule has 4 aromatic carbocycles. The van der Waals surface area contributed by atoms with Gasteiger partial charge in [-0.2, -0.15) is 39.5 Å². The first-order valence-corrected chi connectivity index (χ1v) is 13.6. The summed E-state index contributed by atoms with van der Waals surface area (Å²) < 4.78 is 138. The van der Waals surface area contributed by atoms with Crippen LogP contribution in [0.15, 0.2) is 91.0 Å². The first-order chi connectivity index (χ1) is 21.8. The minimum atomic E-state index is -5.23. The number of halogens is 10. The van der Waals surface area contributed by atoms with E-state index in [0.29, 0.717) is 42.0 Å². The molecule has 248 valence electrons. The molecular formula is C33H23F10NO3. The van der Waals surface area contributed by atoms with Gasteiger partial charge in [-0.25, -0.2) is 4.39 Å². The van der Waals surface area contributed by atoms with E-state index < -0.39 is 70.4 Å². The third-order valence-corrected chi connectivity index (χ3v) is 7.35. The van der Waals surface area contributed by atoms with Crippen molar-refractivity contribution in [3.05, 3.63) is 141 Å². The summed E-state index contributed by atoms with van der Waals surface area (Å²) >= 11 is 0. The quantitative estimate of drug-likeness (QED) is 0.175. The van der Waals surface area contributed by atoms with Crippen molar-refractivity contribution in [3.8, 4) is 0 Å². The molecule has 0 aliphatic heterocycles. The van der Waals surface area contributed by atoms with Crippen molar-refractivity contribution in [2.75, 3.05) is 0 Å². The zero-order chi connectivity index (χ0) is 34.8. The molecule has 47 heavy (non-hydrogen) atoms.